The maximum absolute atomic E-state index is 13.2. The number of aliphatic hydroxyl groups is 1. The Balaban J connectivity index is 5.24. The second-order valence-corrected chi connectivity index (χ2v) is 36.0. The van der Waals surface area contributed by atoms with Gasteiger partial charge in [0.05, 0.1) is 26.4 Å². The number of phosphoric ester groups is 2. The molecule has 0 aromatic carbocycles. The Bertz CT molecular complexity index is 2060. The number of esters is 4. The Kier molecular flexibility index (Phi) is 76.6. The summed E-state index contributed by atoms with van der Waals surface area (Å²) >= 11 is 0. The topological polar surface area (TPSA) is 237 Å². The van der Waals surface area contributed by atoms with Crippen molar-refractivity contribution in [3.05, 3.63) is 0 Å². The third-order valence-corrected chi connectivity index (χ3v) is 22.5. The van der Waals surface area contributed by atoms with Gasteiger partial charge in [-0.05, 0) is 43.4 Å². The van der Waals surface area contributed by atoms with Gasteiger partial charge in [0.25, 0.3) is 0 Å². The van der Waals surface area contributed by atoms with Gasteiger partial charge in [-0.15, -0.1) is 0 Å². The average molecular weight is 1560 g/mol. The summed E-state index contributed by atoms with van der Waals surface area (Å²) in [6.45, 7) is 12.1. The zero-order valence-electron chi connectivity index (χ0n) is 70.6. The number of phosphoric acid groups is 2. The molecule has 0 aliphatic carbocycles. The third kappa shape index (κ3) is 81.9. The molecule has 636 valence electrons. The first-order valence-corrected chi connectivity index (χ1v) is 48.3. The van der Waals surface area contributed by atoms with Crippen molar-refractivity contribution < 1.29 is 80.2 Å². The number of hydrogen-bond acceptors (Lipinski definition) is 15. The molecule has 3 N–H and O–H groups in total. The van der Waals surface area contributed by atoms with Crippen LogP contribution in [-0.2, 0) is 65.4 Å². The molecule has 5 atom stereocenters. The predicted octanol–water partition coefficient (Wildman–Crippen LogP) is 26.9. The molecule has 107 heavy (non-hydrogen) atoms. The van der Waals surface area contributed by atoms with Gasteiger partial charge in [0.2, 0.25) is 0 Å². The Labute approximate surface area is 658 Å². The molecule has 0 amide bonds. The zero-order valence-corrected chi connectivity index (χ0v) is 72.4. The number of carbonyl (C=O) groups is 4. The molecule has 0 saturated carbocycles. The quantitative estimate of drug-likeness (QED) is 0.0222. The molecule has 2 unspecified atom stereocenters. The number of unbranched alkanes of at least 4 members (excludes halogenated alkanes) is 54. The van der Waals surface area contributed by atoms with Crippen LogP contribution < -0.4 is 0 Å². The highest BCUT2D eigenvalue weighted by molar-refractivity contribution is 7.47. The molecule has 0 bridgehead atoms. The van der Waals surface area contributed by atoms with Crippen molar-refractivity contribution in [2.75, 3.05) is 39.6 Å². The number of carbonyl (C=O) groups excluding carboxylic acids is 4. The molecule has 19 heteroatoms. The first-order chi connectivity index (χ1) is 51.7. The summed E-state index contributed by atoms with van der Waals surface area (Å²) in [6, 6.07) is 0. The Hall–Kier alpha value is -1.94. The summed E-state index contributed by atoms with van der Waals surface area (Å²) in [5.41, 5.74) is 0. The smallest absolute Gasteiger partial charge is 0.462 e. The van der Waals surface area contributed by atoms with Gasteiger partial charge < -0.3 is 33.8 Å². The fourth-order valence-corrected chi connectivity index (χ4v) is 15.3. The first-order valence-electron chi connectivity index (χ1n) is 45.3. The van der Waals surface area contributed by atoms with E-state index in [4.69, 9.17) is 37.0 Å². The van der Waals surface area contributed by atoms with E-state index in [0.29, 0.717) is 25.7 Å². The molecule has 0 saturated heterocycles. The standard InChI is InChI=1S/C88H172O17P2/c1-8-9-10-11-12-13-31-41-48-55-62-69-85(90)98-75-83(104-88(93)72-65-58-51-44-37-30-24-27-34-40-47-54-61-68-81(6)7)77-102-106(94,95)100-73-82(89)74-101-107(96,97)103-78-84(76-99-86(91)70-63-56-49-42-35-28-22-19-18-21-26-33-39-46-53-60-67-80(4)5)105-87(92)71-64-57-50-43-36-29-23-17-15-14-16-20-25-32-38-45-52-59-66-79(2)3/h79-84,89H,8-78H2,1-7H3,(H,94,95)(H,96,97)/t82-,83+,84+/m0/s1. The molecule has 0 spiro atoms. The first kappa shape index (κ1) is 105. The van der Waals surface area contributed by atoms with Crippen molar-refractivity contribution in [1.82, 2.24) is 0 Å². The van der Waals surface area contributed by atoms with Crippen LogP contribution in [-0.4, -0.2) is 96.7 Å². The third-order valence-electron chi connectivity index (χ3n) is 20.6. The van der Waals surface area contributed by atoms with E-state index < -0.39 is 97.5 Å². The van der Waals surface area contributed by atoms with Crippen LogP contribution in [0.2, 0.25) is 0 Å². The molecule has 0 rings (SSSR count). The maximum Gasteiger partial charge on any atom is 0.472 e. The van der Waals surface area contributed by atoms with E-state index in [1.54, 1.807) is 0 Å². The number of aliphatic hydroxyl groups excluding tert-OH is 1. The van der Waals surface area contributed by atoms with Crippen molar-refractivity contribution in [3.63, 3.8) is 0 Å². The monoisotopic (exact) mass is 1560 g/mol. The number of hydrogen-bond donors (Lipinski definition) is 3. The van der Waals surface area contributed by atoms with Crippen LogP contribution in [0.3, 0.4) is 0 Å². The van der Waals surface area contributed by atoms with Crippen LogP contribution in [0.5, 0.6) is 0 Å². The van der Waals surface area contributed by atoms with E-state index in [0.717, 1.165) is 108 Å². The van der Waals surface area contributed by atoms with Gasteiger partial charge in [-0.2, -0.15) is 0 Å². The molecule has 0 heterocycles. The van der Waals surface area contributed by atoms with E-state index in [1.807, 2.05) is 0 Å². The Morgan fingerprint density at radius 1 is 0.252 bits per heavy atom. The minimum atomic E-state index is -4.97. The zero-order chi connectivity index (χ0) is 78.6. The summed E-state index contributed by atoms with van der Waals surface area (Å²) in [6.07, 6.45) is 69.4. The Morgan fingerprint density at radius 3 is 0.636 bits per heavy atom. The van der Waals surface area contributed by atoms with Gasteiger partial charge >= 0.3 is 39.5 Å². The van der Waals surface area contributed by atoms with E-state index in [9.17, 15) is 43.2 Å². The van der Waals surface area contributed by atoms with Gasteiger partial charge in [-0.25, -0.2) is 9.13 Å². The van der Waals surface area contributed by atoms with Gasteiger partial charge in [0.15, 0.2) is 12.2 Å². The van der Waals surface area contributed by atoms with Crippen LogP contribution in [0.15, 0.2) is 0 Å². The van der Waals surface area contributed by atoms with Crippen molar-refractivity contribution in [1.29, 1.82) is 0 Å². The SMILES string of the molecule is CCCCCCCCCCCCCC(=O)OC[C@H](COP(=O)(O)OC[C@H](O)COP(=O)(O)OC[C@@H](COC(=O)CCCCCCCCCCCCCCCCCCC(C)C)OC(=O)CCCCCCCCCCCCCCCCCCCCC(C)C)OC(=O)CCCCCCCCCCCCCCCC(C)C. The summed E-state index contributed by atoms with van der Waals surface area (Å²) < 4.78 is 69.0. The van der Waals surface area contributed by atoms with Gasteiger partial charge in [0.1, 0.15) is 19.3 Å². The second kappa shape index (κ2) is 78.0. The van der Waals surface area contributed by atoms with E-state index >= 15 is 0 Å². The largest absolute Gasteiger partial charge is 0.472 e. The molecule has 0 aromatic rings. The van der Waals surface area contributed by atoms with E-state index in [1.165, 1.54) is 276 Å². The Morgan fingerprint density at radius 2 is 0.430 bits per heavy atom. The molecular formula is C88H172O17P2. The van der Waals surface area contributed by atoms with Crippen molar-refractivity contribution in [2.24, 2.45) is 17.8 Å². The highest BCUT2D eigenvalue weighted by Crippen LogP contribution is 2.45. The lowest BCUT2D eigenvalue weighted by atomic mass is 10.0. The van der Waals surface area contributed by atoms with Crippen molar-refractivity contribution >= 4 is 39.5 Å². The normalized spacial score (nSPS) is 13.8. The molecule has 0 aromatic heterocycles. The van der Waals surface area contributed by atoms with Crippen LogP contribution in [0, 0.1) is 17.8 Å². The molecule has 0 aliphatic rings. The summed E-state index contributed by atoms with van der Waals surface area (Å²) in [4.78, 5) is 73.3. The molecule has 17 nitrogen and oxygen atoms in total. The second-order valence-electron chi connectivity index (χ2n) is 33.1. The maximum atomic E-state index is 13.2. The lowest BCUT2D eigenvalue weighted by Gasteiger charge is -2.21. The highest BCUT2D eigenvalue weighted by Gasteiger charge is 2.31. The average Bonchev–Trinajstić information content (AvgIpc) is 0.903. The van der Waals surface area contributed by atoms with Gasteiger partial charge in [-0.1, -0.05) is 414 Å². The molecule has 0 radical (unpaired) electrons. The predicted molar refractivity (Wildman–Crippen MR) is 441 cm³/mol. The fourth-order valence-electron chi connectivity index (χ4n) is 13.7. The van der Waals surface area contributed by atoms with E-state index in [2.05, 4.69) is 48.5 Å². The molecular weight excluding hydrogens is 1390 g/mol. The van der Waals surface area contributed by atoms with Crippen LogP contribution >= 0.6 is 15.6 Å². The highest BCUT2D eigenvalue weighted by atomic mass is 31.2. The summed E-state index contributed by atoms with van der Waals surface area (Å²) in [5.74, 6) is 0.319. The summed E-state index contributed by atoms with van der Waals surface area (Å²) in [7, 11) is -9.93. The van der Waals surface area contributed by atoms with Crippen LogP contribution in [0.25, 0.3) is 0 Å². The molecule has 0 aliphatic heterocycles. The number of ether oxygens (including phenoxy) is 4. The van der Waals surface area contributed by atoms with E-state index in [-0.39, 0.29) is 25.7 Å². The lowest BCUT2D eigenvalue weighted by molar-refractivity contribution is -0.161. The van der Waals surface area contributed by atoms with Crippen molar-refractivity contribution in [3.8, 4) is 0 Å². The minimum absolute atomic E-state index is 0.108. The van der Waals surface area contributed by atoms with Gasteiger partial charge in [-0.3, -0.25) is 37.3 Å². The van der Waals surface area contributed by atoms with Crippen LogP contribution in [0.1, 0.15) is 466 Å². The van der Waals surface area contributed by atoms with Crippen LogP contribution in [0.4, 0.5) is 0 Å². The minimum Gasteiger partial charge on any atom is -0.462 e. The van der Waals surface area contributed by atoms with Gasteiger partial charge in [0, 0.05) is 25.7 Å². The fraction of sp³-hybridized carbons (Fsp3) is 0.955. The molecule has 0 fully saturated rings. The number of rotatable bonds is 86. The summed E-state index contributed by atoms with van der Waals surface area (Å²) in [5, 5.41) is 10.7. The lowest BCUT2D eigenvalue weighted by Crippen LogP contribution is -2.30. The van der Waals surface area contributed by atoms with Crippen molar-refractivity contribution in [2.45, 2.75) is 484 Å².